The summed E-state index contributed by atoms with van der Waals surface area (Å²) in [5, 5.41) is 6.91. The maximum absolute atomic E-state index is 12.1. The number of carbonyl (C=O) groups excluding carboxylic acids is 1. The van der Waals surface area contributed by atoms with Crippen LogP contribution in [0.15, 0.2) is 41.2 Å². The number of ether oxygens (including phenoxy) is 1. The molecule has 0 radical (unpaired) electrons. The normalized spacial score (nSPS) is 10.4. The second-order valence-corrected chi connectivity index (χ2v) is 5.52. The average molecular weight is 329 g/mol. The first-order chi connectivity index (χ1) is 11.6. The number of amides is 1. The minimum atomic E-state index is -0.184. The topological polar surface area (TPSA) is 73.2 Å². The second-order valence-electron chi connectivity index (χ2n) is 5.52. The number of benzene rings is 1. The Hall–Kier alpha value is -2.63. The van der Waals surface area contributed by atoms with E-state index in [1.165, 1.54) is 10.7 Å². The summed E-state index contributed by atoms with van der Waals surface area (Å²) in [6.07, 6.45) is 2.09. The maximum atomic E-state index is 12.1. The summed E-state index contributed by atoms with van der Waals surface area (Å²) in [4.78, 5) is 23.7. The third-order valence-electron chi connectivity index (χ3n) is 3.49. The fourth-order valence-electron chi connectivity index (χ4n) is 2.13. The molecule has 0 aliphatic heterocycles. The smallest absolute Gasteiger partial charge is 0.266 e. The summed E-state index contributed by atoms with van der Waals surface area (Å²) in [5.41, 5.74) is 1.14. The lowest BCUT2D eigenvalue weighted by Crippen LogP contribution is -2.32. The number of carbonyl (C=O) groups is 1. The molecule has 2 rings (SSSR count). The third-order valence-corrected chi connectivity index (χ3v) is 3.49. The molecule has 0 unspecified atom stereocenters. The highest BCUT2D eigenvalue weighted by atomic mass is 16.5. The van der Waals surface area contributed by atoms with Crippen LogP contribution in [0.4, 0.5) is 0 Å². The first-order valence-corrected chi connectivity index (χ1v) is 8.16. The van der Waals surface area contributed by atoms with Gasteiger partial charge in [-0.05, 0) is 43.7 Å². The van der Waals surface area contributed by atoms with Crippen LogP contribution in [0.25, 0.3) is 0 Å². The summed E-state index contributed by atoms with van der Waals surface area (Å²) in [6.45, 7) is 5.28. The summed E-state index contributed by atoms with van der Waals surface area (Å²) >= 11 is 0. The van der Waals surface area contributed by atoms with Crippen molar-refractivity contribution in [1.29, 1.82) is 0 Å². The van der Waals surface area contributed by atoms with Gasteiger partial charge < -0.3 is 10.1 Å². The van der Waals surface area contributed by atoms with Crippen molar-refractivity contribution in [3.05, 3.63) is 58.0 Å². The lowest BCUT2D eigenvalue weighted by molar-refractivity contribution is 0.0951. The molecule has 24 heavy (non-hydrogen) atoms. The number of aryl methyl sites for hydroxylation is 1. The van der Waals surface area contributed by atoms with E-state index >= 15 is 0 Å². The van der Waals surface area contributed by atoms with Gasteiger partial charge in [0, 0.05) is 18.2 Å². The predicted octanol–water partition coefficient (Wildman–Crippen LogP) is 2.16. The SMILES string of the molecule is CCCCOc1ccc(C(=O)NCCn2nc(C)ccc2=O)cc1. The van der Waals surface area contributed by atoms with Crippen molar-refractivity contribution in [2.24, 2.45) is 0 Å². The quantitative estimate of drug-likeness (QED) is 0.753. The van der Waals surface area contributed by atoms with Crippen molar-refractivity contribution in [2.75, 3.05) is 13.2 Å². The van der Waals surface area contributed by atoms with Crippen molar-refractivity contribution in [3.63, 3.8) is 0 Å². The minimum absolute atomic E-state index is 0.177. The predicted molar refractivity (Wildman–Crippen MR) is 92.4 cm³/mol. The van der Waals surface area contributed by atoms with Gasteiger partial charge >= 0.3 is 0 Å². The fourth-order valence-corrected chi connectivity index (χ4v) is 2.13. The summed E-state index contributed by atoms with van der Waals surface area (Å²) in [5.74, 6) is 0.575. The molecule has 1 aromatic heterocycles. The summed E-state index contributed by atoms with van der Waals surface area (Å²) < 4.78 is 6.91. The van der Waals surface area contributed by atoms with E-state index in [-0.39, 0.29) is 11.5 Å². The molecule has 0 saturated carbocycles. The molecule has 1 N–H and O–H groups in total. The molecule has 1 amide bonds. The van der Waals surface area contributed by atoms with Crippen LogP contribution in [0.5, 0.6) is 5.75 Å². The Morgan fingerprint density at radius 3 is 2.67 bits per heavy atom. The molecule has 0 atom stereocenters. The molecule has 6 heteroatoms. The van der Waals surface area contributed by atoms with Crippen LogP contribution in [0.3, 0.4) is 0 Å². The molecule has 1 aromatic carbocycles. The zero-order chi connectivity index (χ0) is 17.4. The zero-order valence-corrected chi connectivity index (χ0v) is 14.1. The van der Waals surface area contributed by atoms with Crippen molar-refractivity contribution < 1.29 is 9.53 Å². The van der Waals surface area contributed by atoms with Gasteiger partial charge in [0.25, 0.3) is 11.5 Å². The Morgan fingerprint density at radius 2 is 1.96 bits per heavy atom. The average Bonchev–Trinajstić information content (AvgIpc) is 2.58. The molecule has 2 aromatic rings. The molecular weight excluding hydrogens is 306 g/mol. The fraction of sp³-hybridized carbons (Fsp3) is 0.389. The van der Waals surface area contributed by atoms with Crippen LogP contribution >= 0.6 is 0 Å². The number of nitrogens with one attached hydrogen (secondary N) is 1. The van der Waals surface area contributed by atoms with Crippen molar-refractivity contribution >= 4 is 5.91 Å². The van der Waals surface area contributed by atoms with E-state index < -0.39 is 0 Å². The van der Waals surface area contributed by atoms with Gasteiger partial charge in [-0.3, -0.25) is 9.59 Å². The third kappa shape index (κ3) is 5.22. The highest BCUT2D eigenvalue weighted by Gasteiger charge is 2.06. The highest BCUT2D eigenvalue weighted by molar-refractivity contribution is 5.94. The number of hydrogen-bond acceptors (Lipinski definition) is 4. The molecule has 0 aliphatic rings. The van der Waals surface area contributed by atoms with Crippen molar-refractivity contribution in [2.45, 2.75) is 33.2 Å². The number of hydrogen-bond donors (Lipinski definition) is 1. The molecule has 0 fully saturated rings. The zero-order valence-electron chi connectivity index (χ0n) is 14.1. The van der Waals surface area contributed by atoms with Gasteiger partial charge in [-0.2, -0.15) is 5.10 Å². The first-order valence-electron chi connectivity index (χ1n) is 8.16. The monoisotopic (exact) mass is 329 g/mol. The van der Waals surface area contributed by atoms with Crippen molar-refractivity contribution in [3.8, 4) is 5.75 Å². The number of rotatable bonds is 8. The molecular formula is C18H23N3O3. The van der Waals surface area contributed by atoms with Gasteiger partial charge in [0.2, 0.25) is 0 Å². The number of aromatic nitrogens is 2. The molecule has 6 nitrogen and oxygen atoms in total. The Labute approximate surface area is 141 Å². The van der Waals surface area contributed by atoms with E-state index in [9.17, 15) is 9.59 Å². The largest absolute Gasteiger partial charge is 0.494 e. The molecule has 1 heterocycles. The van der Waals surface area contributed by atoms with Crippen LogP contribution < -0.4 is 15.6 Å². The van der Waals surface area contributed by atoms with Gasteiger partial charge in [0.05, 0.1) is 18.8 Å². The Balaban J connectivity index is 1.84. The van der Waals surface area contributed by atoms with Crippen LogP contribution in [0, 0.1) is 6.92 Å². The molecule has 0 spiro atoms. The minimum Gasteiger partial charge on any atom is -0.494 e. The van der Waals surface area contributed by atoms with Crippen LogP contribution in [0.1, 0.15) is 35.8 Å². The van der Waals surface area contributed by atoms with Gasteiger partial charge in [-0.25, -0.2) is 4.68 Å². The second kappa shape index (κ2) is 8.86. The van der Waals surface area contributed by atoms with Gasteiger partial charge in [-0.1, -0.05) is 13.3 Å². The van der Waals surface area contributed by atoms with E-state index in [2.05, 4.69) is 17.3 Å². The van der Waals surface area contributed by atoms with Crippen LogP contribution in [-0.4, -0.2) is 28.8 Å². The van der Waals surface area contributed by atoms with Crippen LogP contribution in [0.2, 0.25) is 0 Å². The van der Waals surface area contributed by atoms with E-state index in [1.807, 2.05) is 6.92 Å². The van der Waals surface area contributed by atoms with Gasteiger partial charge in [0.1, 0.15) is 5.75 Å². The molecule has 0 aliphatic carbocycles. The van der Waals surface area contributed by atoms with E-state index in [1.54, 1.807) is 30.3 Å². The van der Waals surface area contributed by atoms with Gasteiger partial charge in [-0.15, -0.1) is 0 Å². The van der Waals surface area contributed by atoms with E-state index in [4.69, 9.17) is 4.74 Å². The first kappa shape index (κ1) is 17.7. The van der Waals surface area contributed by atoms with Crippen molar-refractivity contribution in [1.82, 2.24) is 15.1 Å². The van der Waals surface area contributed by atoms with Gasteiger partial charge in [0.15, 0.2) is 0 Å². The number of unbranched alkanes of at least 4 members (excludes halogenated alkanes) is 1. The highest BCUT2D eigenvalue weighted by Crippen LogP contribution is 2.12. The molecule has 128 valence electrons. The lowest BCUT2D eigenvalue weighted by atomic mass is 10.2. The van der Waals surface area contributed by atoms with E-state index in [0.29, 0.717) is 25.3 Å². The molecule has 0 saturated heterocycles. The van der Waals surface area contributed by atoms with E-state index in [0.717, 1.165) is 24.3 Å². The standard InChI is InChI=1S/C18H23N3O3/c1-3-4-13-24-16-8-6-15(7-9-16)18(23)19-11-12-21-17(22)10-5-14(2)20-21/h5-10H,3-4,11-13H2,1-2H3,(H,19,23). The Kier molecular flexibility index (Phi) is 6.54. The Bertz CT molecular complexity index is 723. The number of nitrogens with zero attached hydrogens (tertiary/aromatic N) is 2. The lowest BCUT2D eigenvalue weighted by Gasteiger charge is -2.08. The summed E-state index contributed by atoms with van der Waals surface area (Å²) in [6, 6.07) is 10.2. The summed E-state index contributed by atoms with van der Waals surface area (Å²) in [7, 11) is 0. The molecule has 0 bridgehead atoms. The Morgan fingerprint density at radius 1 is 1.21 bits per heavy atom. The van der Waals surface area contributed by atoms with Crippen LogP contribution in [-0.2, 0) is 6.54 Å². The maximum Gasteiger partial charge on any atom is 0.266 e.